The highest BCUT2D eigenvalue weighted by molar-refractivity contribution is 6.30. The lowest BCUT2D eigenvalue weighted by Gasteiger charge is -2.19. The first-order valence-electron chi connectivity index (χ1n) is 7.02. The molecule has 1 aliphatic heterocycles. The number of nitrogens with zero attached hydrogens (tertiary/aromatic N) is 1. The molecule has 1 aromatic rings. The van der Waals surface area contributed by atoms with Gasteiger partial charge >= 0.3 is 0 Å². The molecule has 6 heteroatoms. The van der Waals surface area contributed by atoms with E-state index in [9.17, 15) is 4.79 Å². The van der Waals surface area contributed by atoms with Gasteiger partial charge < -0.3 is 15.0 Å². The number of ether oxygens (including phenoxy) is 1. The van der Waals surface area contributed by atoms with E-state index in [-0.39, 0.29) is 5.82 Å². The zero-order valence-corrected chi connectivity index (χ0v) is 13.9. The van der Waals surface area contributed by atoms with Gasteiger partial charge in [-0.05, 0) is 25.0 Å². The first kappa shape index (κ1) is 16.8. The summed E-state index contributed by atoms with van der Waals surface area (Å²) < 4.78 is 5.50. The first-order valence-corrected chi connectivity index (χ1v) is 7.40. The summed E-state index contributed by atoms with van der Waals surface area (Å²) in [5.74, 6) is 0.703. The molecule has 0 fully saturated rings. The molecule has 0 bridgehead atoms. The topological polar surface area (TPSA) is 67.0 Å². The van der Waals surface area contributed by atoms with Crippen LogP contribution < -0.4 is 5.32 Å². The number of aryl methyl sites for hydroxylation is 1. The Hall–Kier alpha value is -2.53. The Kier molecular flexibility index (Phi) is 4.91. The molecule has 0 saturated carbocycles. The highest BCUT2D eigenvalue weighted by Gasteiger charge is 2.17. The number of nitrogens with one attached hydrogen (secondary N) is 2. The fraction of sp³-hybridized carbons (Fsp3) is 0.176. The summed E-state index contributed by atoms with van der Waals surface area (Å²) >= 11 is 5.93. The molecule has 0 atom stereocenters. The number of hydrogen-bond acceptors (Lipinski definition) is 3. The molecule has 1 aromatic heterocycles. The summed E-state index contributed by atoms with van der Waals surface area (Å²) in [5, 5.41) is 2.92. The summed E-state index contributed by atoms with van der Waals surface area (Å²) in [5.41, 5.74) is 2.71. The van der Waals surface area contributed by atoms with Crippen LogP contribution in [0.5, 0.6) is 0 Å². The van der Waals surface area contributed by atoms with Gasteiger partial charge in [0.2, 0.25) is 0 Å². The van der Waals surface area contributed by atoms with E-state index in [4.69, 9.17) is 16.3 Å². The number of imidazole rings is 1. The van der Waals surface area contributed by atoms with Crippen molar-refractivity contribution >= 4 is 17.5 Å². The highest BCUT2D eigenvalue weighted by Crippen LogP contribution is 2.28. The van der Waals surface area contributed by atoms with Crippen LogP contribution in [0.15, 0.2) is 60.3 Å². The first-order chi connectivity index (χ1) is 10.8. The van der Waals surface area contributed by atoms with Gasteiger partial charge in [-0.1, -0.05) is 38.3 Å². The largest absolute Gasteiger partial charge is 0.457 e. The van der Waals surface area contributed by atoms with Gasteiger partial charge in [0.15, 0.2) is 11.0 Å². The van der Waals surface area contributed by atoms with E-state index in [0.717, 1.165) is 5.57 Å². The molecule has 2 heterocycles. The quantitative estimate of drug-likeness (QED) is 0.881. The van der Waals surface area contributed by atoms with Crippen molar-refractivity contribution in [3.63, 3.8) is 0 Å². The van der Waals surface area contributed by atoms with Crippen molar-refractivity contribution < 1.29 is 9.53 Å². The van der Waals surface area contributed by atoms with Crippen LogP contribution in [-0.4, -0.2) is 15.9 Å². The van der Waals surface area contributed by atoms with Crippen molar-refractivity contribution in [1.82, 2.24) is 15.3 Å². The Morgan fingerprint density at radius 3 is 2.83 bits per heavy atom. The van der Waals surface area contributed by atoms with E-state index < -0.39 is 5.91 Å². The predicted octanol–water partition coefficient (Wildman–Crippen LogP) is 3.80. The van der Waals surface area contributed by atoms with Crippen LogP contribution in [0.25, 0.3) is 0 Å². The number of aromatic nitrogens is 2. The summed E-state index contributed by atoms with van der Waals surface area (Å²) in [7, 11) is 0. The summed E-state index contributed by atoms with van der Waals surface area (Å²) in [6.45, 7) is 15.3. The van der Waals surface area contributed by atoms with Crippen molar-refractivity contribution in [2.24, 2.45) is 0 Å². The van der Waals surface area contributed by atoms with Crippen molar-refractivity contribution in [2.75, 3.05) is 0 Å². The Morgan fingerprint density at radius 2 is 2.22 bits per heavy atom. The molecule has 2 rings (SSSR count). The average Bonchev–Trinajstić information content (AvgIpc) is 2.85. The third kappa shape index (κ3) is 3.81. The average molecular weight is 332 g/mol. The third-order valence-corrected chi connectivity index (χ3v) is 3.58. The van der Waals surface area contributed by atoms with E-state index in [1.807, 2.05) is 13.8 Å². The molecule has 0 radical (unpaired) electrons. The van der Waals surface area contributed by atoms with Crippen LogP contribution in [0.3, 0.4) is 0 Å². The van der Waals surface area contributed by atoms with Gasteiger partial charge in [0, 0.05) is 17.3 Å². The number of hydrogen-bond donors (Lipinski definition) is 2. The number of rotatable bonds is 4. The monoisotopic (exact) mass is 331 g/mol. The van der Waals surface area contributed by atoms with Crippen molar-refractivity contribution in [3.05, 3.63) is 76.9 Å². The molecule has 0 spiro atoms. The lowest BCUT2D eigenvalue weighted by Crippen LogP contribution is -2.23. The molecule has 1 amide bonds. The zero-order valence-electron chi connectivity index (χ0n) is 13.1. The summed E-state index contributed by atoms with van der Waals surface area (Å²) in [6, 6.07) is 0. The predicted molar refractivity (Wildman–Crippen MR) is 90.8 cm³/mol. The van der Waals surface area contributed by atoms with Gasteiger partial charge in [0.25, 0.3) is 5.91 Å². The van der Waals surface area contributed by atoms with Crippen molar-refractivity contribution in [3.8, 4) is 0 Å². The lowest BCUT2D eigenvalue weighted by atomic mass is 10.0. The van der Waals surface area contributed by atoms with Gasteiger partial charge in [0.05, 0.1) is 5.69 Å². The second-order valence-corrected chi connectivity index (χ2v) is 5.43. The minimum atomic E-state index is -0.430. The number of aromatic amines is 1. The van der Waals surface area contributed by atoms with Gasteiger partial charge in [-0.25, -0.2) is 4.98 Å². The maximum Gasteiger partial charge on any atom is 0.291 e. The Balaban J connectivity index is 2.11. The fourth-order valence-electron chi connectivity index (χ4n) is 2.00. The number of H-pyrrole nitrogens is 1. The number of allylic oxidation sites excluding steroid dienone is 3. The van der Waals surface area contributed by atoms with Crippen LogP contribution in [0.1, 0.15) is 30.2 Å². The van der Waals surface area contributed by atoms with Gasteiger partial charge in [-0.3, -0.25) is 4.79 Å². The summed E-state index contributed by atoms with van der Waals surface area (Å²) in [6.07, 6.45) is 4.04. The molecule has 0 saturated heterocycles. The van der Waals surface area contributed by atoms with Crippen molar-refractivity contribution in [2.45, 2.75) is 20.3 Å². The SMILES string of the molecule is C=C(/C=C1/OC(=C)C=C(C)C1=C)NC(=O)c1nc(Cl)c(CC)[nH]1. The molecule has 0 aromatic carbocycles. The molecular formula is C17H18ClN3O2. The zero-order chi connectivity index (χ0) is 17.1. The van der Waals surface area contributed by atoms with Crippen LogP contribution in [0.2, 0.25) is 5.15 Å². The maximum atomic E-state index is 12.1. The van der Waals surface area contributed by atoms with Gasteiger partial charge in [0.1, 0.15) is 11.5 Å². The number of amides is 1. The molecule has 5 nitrogen and oxygen atoms in total. The smallest absolute Gasteiger partial charge is 0.291 e. The van der Waals surface area contributed by atoms with E-state index in [0.29, 0.717) is 40.1 Å². The molecule has 0 aliphatic carbocycles. The molecule has 1 aliphatic rings. The van der Waals surface area contributed by atoms with Crippen LogP contribution >= 0.6 is 11.6 Å². The van der Waals surface area contributed by atoms with E-state index in [2.05, 4.69) is 35.0 Å². The van der Waals surface area contributed by atoms with Crippen LogP contribution in [0.4, 0.5) is 0 Å². The standard InChI is InChI=1S/C17H18ClN3O2/c1-6-13-15(18)21-16(20-13)17(22)19-10(3)8-14-12(5)9(2)7-11(4)23-14/h7-8H,3-6H2,1-2H3,(H,19,22)(H,20,21)/b14-8+. The second-order valence-electron chi connectivity index (χ2n) is 5.07. The number of carbonyl (C=O) groups excluding carboxylic acids is 1. The van der Waals surface area contributed by atoms with E-state index in [1.54, 1.807) is 12.2 Å². The molecule has 23 heavy (non-hydrogen) atoms. The third-order valence-electron chi connectivity index (χ3n) is 3.27. The number of carbonyl (C=O) groups is 1. The Bertz CT molecular complexity index is 769. The molecular weight excluding hydrogens is 314 g/mol. The second kappa shape index (κ2) is 6.71. The van der Waals surface area contributed by atoms with Gasteiger partial charge in [-0.2, -0.15) is 0 Å². The minimum Gasteiger partial charge on any atom is -0.457 e. The number of halogens is 1. The van der Waals surface area contributed by atoms with Crippen LogP contribution in [0, 0.1) is 0 Å². The summed E-state index contributed by atoms with van der Waals surface area (Å²) in [4.78, 5) is 19.0. The fourth-order valence-corrected chi connectivity index (χ4v) is 2.27. The van der Waals surface area contributed by atoms with Crippen molar-refractivity contribution in [1.29, 1.82) is 0 Å². The maximum absolute atomic E-state index is 12.1. The van der Waals surface area contributed by atoms with E-state index >= 15 is 0 Å². The normalized spacial score (nSPS) is 16.1. The van der Waals surface area contributed by atoms with Crippen LogP contribution in [-0.2, 0) is 11.2 Å². The highest BCUT2D eigenvalue weighted by atomic mass is 35.5. The minimum absolute atomic E-state index is 0.135. The van der Waals surface area contributed by atoms with E-state index in [1.165, 1.54) is 0 Å². The molecule has 120 valence electrons. The lowest BCUT2D eigenvalue weighted by molar-refractivity contribution is 0.0958. The Labute approximate surface area is 140 Å². The Morgan fingerprint density at radius 1 is 1.52 bits per heavy atom. The molecule has 0 unspecified atom stereocenters. The molecule has 2 N–H and O–H groups in total. The van der Waals surface area contributed by atoms with Gasteiger partial charge in [-0.15, -0.1) is 0 Å².